The number of nitrogens with two attached hydrogens (primary N) is 1. The molecule has 0 bridgehead atoms. The van der Waals surface area contributed by atoms with Gasteiger partial charge in [-0.15, -0.1) is 12.4 Å². The second kappa shape index (κ2) is 6.95. The molecule has 0 spiro atoms. The van der Waals surface area contributed by atoms with Gasteiger partial charge in [0.15, 0.2) is 0 Å². The monoisotopic (exact) mass is 339 g/mol. The van der Waals surface area contributed by atoms with Gasteiger partial charge >= 0.3 is 0 Å². The lowest BCUT2D eigenvalue weighted by Gasteiger charge is -2.28. The van der Waals surface area contributed by atoms with Crippen molar-refractivity contribution in [3.05, 3.63) is 33.3 Å². The molecule has 2 N–H and O–H groups in total. The number of hydrogen-bond acceptors (Lipinski definition) is 2. The Kier molecular flexibility index (Phi) is 6.24. The van der Waals surface area contributed by atoms with Crippen LogP contribution in [0.5, 0.6) is 0 Å². The molecule has 0 aromatic heterocycles. The molecule has 1 aliphatic rings. The molecule has 2 nitrogen and oxygen atoms in total. The van der Waals surface area contributed by atoms with Crippen LogP contribution in [0.1, 0.15) is 24.4 Å². The van der Waals surface area contributed by atoms with Crippen LogP contribution in [-0.2, 0) is 4.74 Å². The number of rotatable bonds is 2. The Morgan fingerprint density at radius 2 is 2.00 bits per heavy atom. The predicted octanol–water partition coefficient (Wildman–Crippen LogP) is 3.95. The Labute approximate surface area is 121 Å². The van der Waals surface area contributed by atoms with E-state index in [-0.39, 0.29) is 18.4 Å². The van der Waals surface area contributed by atoms with Crippen LogP contribution in [0, 0.1) is 5.92 Å². The average Bonchev–Trinajstić information content (AvgIpc) is 2.33. The fourth-order valence-electron chi connectivity index (χ4n) is 2.07. The topological polar surface area (TPSA) is 35.2 Å². The van der Waals surface area contributed by atoms with Crippen LogP contribution >= 0.6 is 39.9 Å². The first-order valence-electron chi connectivity index (χ1n) is 5.47. The maximum absolute atomic E-state index is 6.27. The lowest BCUT2D eigenvalue weighted by molar-refractivity contribution is 0.0584. The summed E-state index contributed by atoms with van der Waals surface area (Å²) in [5.74, 6) is 0.516. The van der Waals surface area contributed by atoms with Crippen LogP contribution in [0.3, 0.4) is 0 Å². The van der Waals surface area contributed by atoms with E-state index < -0.39 is 0 Å². The van der Waals surface area contributed by atoms with Crippen molar-refractivity contribution in [3.8, 4) is 0 Å². The van der Waals surface area contributed by atoms with E-state index in [1.807, 2.05) is 18.2 Å². The van der Waals surface area contributed by atoms with Crippen LogP contribution < -0.4 is 5.73 Å². The van der Waals surface area contributed by atoms with Gasteiger partial charge in [0.25, 0.3) is 0 Å². The van der Waals surface area contributed by atoms with Gasteiger partial charge in [0.05, 0.1) is 5.02 Å². The van der Waals surface area contributed by atoms with Gasteiger partial charge in [0.2, 0.25) is 0 Å². The van der Waals surface area contributed by atoms with E-state index in [1.54, 1.807) is 0 Å². The summed E-state index contributed by atoms with van der Waals surface area (Å²) in [6, 6.07) is 5.99. The Morgan fingerprint density at radius 1 is 1.35 bits per heavy atom. The van der Waals surface area contributed by atoms with Crippen LogP contribution in [0.2, 0.25) is 5.02 Å². The highest BCUT2D eigenvalue weighted by atomic mass is 79.9. The fraction of sp³-hybridized carbons (Fsp3) is 0.500. The summed E-state index contributed by atoms with van der Waals surface area (Å²) >= 11 is 9.39. The van der Waals surface area contributed by atoms with E-state index in [9.17, 15) is 0 Å². The third kappa shape index (κ3) is 3.83. The van der Waals surface area contributed by atoms with E-state index in [1.165, 1.54) is 0 Å². The minimum atomic E-state index is 0. The number of hydrogen-bond donors (Lipinski definition) is 1. The van der Waals surface area contributed by atoms with Gasteiger partial charge in [-0.25, -0.2) is 0 Å². The molecule has 5 heteroatoms. The first kappa shape index (κ1) is 15.3. The smallest absolute Gasteiger partial charge is 0.0548 e. The zero-order chi connectivity index (χ0) is 11.5. The summed E-state index contributed by atoms with van der Waals surface area (Å²) in [4.78, 5) is 0. The maximum Gasteiger partial charge on any atom is 0.0548 e. The molecule has 0 aliphatic carbocycles. The fourth-order valence-corrected chi connectivity index (χ4v) is 2.58. The molecule has 0 saturated carbocycles. The highest BCUT2D eigenvalue weighted by molar-refractivity contribution is 9.10. The molecule has 1 aromatic rings. The average molecular weight is 341 g/mol. The maximum atomic E-state index is 6.27. The molecular formula is C12H16BrCl2NO. The summed E-state index contributed by atoms with van der Waals surface area (Å²) in [6.45, 7) is 1.65. The molecule has 96 valence electrons. The van der Waals surface area contributed by atoms with Gasteiger partial charge in [-0.05, 0) is 52.4 Å². The predicted molar refractivity (Wildman–Crippen MR) is 76.9 cm³/mol. The van der Waals surface area contributed by atoms with E-state index in [4.69, 9.17) is 22.1 Å². The molecule has 0 amide bonds. The van der Waals surface area contributed by atoms with Gasteiger partial charge in [0.1, 0.15) is 0 Å². The normalized spacial score (nSPS) is 18.5. The van der Waals surface area contributed by atoms with Gasteiger partial charge in [0, 0.05) is 23.7 Å². The number of benzene rings is 1. The highest BCUT2D eigenvalue weighted by Gasteiger charge is 2.22. The van der Waals surface area contributed by atoms with Crippen molar-refractivity contribution in [2.45, 2.75) is 18.9 Å². The molecule has 1 saturated heterocycles. The molecular weight excluding hydrogens is 325 g/mol. The Bertz CT molecular complexity index is 370. The second-order valence-electron chi connectivity index (χ2n) is 4.15. The first-order chi connectivity index (χ1) is 7.68. The molecule has 1 aliphatic heterocycles. The standard InChI is InChI=1S/C12H15BrClNO.ClH/c13-10-7-9(1-2-11(10)14)12(15)8-3-5-16-6-4-8;/h1-2,7-8,12H,3-6,15H2;1H/t12-;/m1./s1. The van der Waals surface area contributed by atoms with Crippen LogP contribution in [0.25, 0.3) is 0 Å². The van der Waals surface area contributed by atoms with Crippen LogP contribution in [-0.4, -0.2) is 13.2 Å². The van der Waals surface area contributed by atoms with Crippen molar-refractivity contribution in [1.82, 2.24) is 0 Å². The molecule has 2 rings (SSSR count). The van der Waals surface area contributed by atoms with Crippen LogP contribution in [0.15, 0.2) is 22.7 Å². The molecule has 1 heterocycles. The zero-order valence-electron chi connectivity index (χ0n) is 9.36. The third-order valence-electron chi connectivity index (χ3n) is 3.10. The van der Waals surface area contributed by atoms with Crippen molar-refractivity contribution in [2.24, 2.45) is 11.7 Å². The minimum Gasteiger partial charge on any atom is -0.381 e. The number of halogens is 3. The molecule has 1 aromatic carbocycles. The van der Waals surface area contributed by atoms with Gasteiger partial charge in [-0.2, -0.15) is 0 Å². The Morgan fingerprint density at radius 3 is 2.59 bits per heavy atom. The molecule has 1 fully saturated rings. The largest absolute Gasteiger partial charge is 0.381 e. The summed E-state index contributed by atoms with van der Waals surface area (Å²) in [6.07, 6.45) is 2.09. The lowest BCUT2D eigenvalue weighted by atomic mass is 9.88. The van der Waals surface area contributed by atoms with E-state index in [0.717, 1.165) is 41.1 Å². The van der Waals surface area contributed by atoms with Crippen molar-refractivity contribution < 1.29 is 4.74 Å². The molecule has 0 radical (unpaired) electrons. The van der Waals surface area contributed by atoms with Gasteiger partial charge < -0.3 is 10.5 Å². The van der Waals surface area contributed by atoms with Crippen molar-refractivity contribution >= 4 is 39.9 Å². The first-order valence-corrected chi connectivity index (χ1v) is 6.64. The SMILES string of the molecule is Cl.N[C@@H](c1ccc(Cl)c(Br)c1)C1CCOCC1. The molecule has 1 atom stereocenters. The highest BCUT2D eigenvalue weighted by Crippen LogP contribution is 2.31. The van der Waals surface area contributed by atoms with Gasteiger partial charge in [-0.3, -0.25) is 0 Å². The van der Waals surface area contributed by atoms with E-state index in [2.05, 4.69) is 15.9 Å². The Hall–Kier alpha value is 0.200. The minimum absolute atomic E-state index is 0. The lowest BCUT2D eigenvalue weighted by Crippen LogP contribution is -2.27. The molecule has 0 unspecified atom stereocenters. The Balaban J connectivity index is 0.00000144. The molecule has 17 heavy (non-hydrogen) atoms. The van der Waals surface area contributed by atoms with Crippen molar-refractivity contribution in [1.29, 1.82) is 0 Å². The number of ether oxygens (including phenoxy) is 1. The van der Waals surface area contributed by atoms with Crippen molar-refractivity contribution in [2.75, 3.05) is 13.2 Å². The summed E-state index contributed by atoms with van der Waals surface area (Å²) in [5, 5.41) is 0.725. The summed E-state index contributed by atoms with van der Waals surface area (Å²) < 4.78 is 6.25. The van der Waals surface area contributed by atoms with E-state index in [0.29, 0.717) is 5.92 Å². The summed E-state index contributed by atoms with van der Waals surface area (Å²) in [5.41, 5.74) is 7.41. The third-order valence-corrected chi connectivity index (χ3v) is 4.32. The zero-order valence-corrected chi connectivity index (χ0v) is 12.5. The van der Waals surface area contributed by atoms with Crippen molar-refractivity contribution in [3.63, 3.8) is 0 Å². The summed E-state index contributed by atoms with van der Waals surface area (Å²) in [7, 11) is 0. The second-order valence-corrected chi connectivity index (χ2v) is 5.41. The van der Waals surface area contributed by atoms with E-state index >= 15 is 0 Å². The van der Waals surface area contributed by atoms with Gasteiger partial charge in [-0.1, -0.05) is 17.7 Å². The quantitative estimate of drug-likeness (QED) is 0.884. The van der Waals surface area contributed by atoms with Crippen LogP contribution in [0.4, 0.5) is 0 Å².